The summed E-state index contributed by atoms with van der Waals surface area (Å²) in [6.07, 6.45) is 1.44. The highest BCUT2D eigenvalue weighted by molar-refractivity contribution is 6.37. The van der Waals surface area contributed by atoms with E-state index in [0.29, 0.717) is 32.7 Å². The van der Waals surface area contributed by atoms with Gasteiger partial charge in [0.05, 0.1) is 30.5 Å². The van der Waals surface area contributed by atoms with Crippen molar-refractivity contribution in [3.8, 4) is 11.5 Å². The first-order valence-electron chi connectivity index (χ1n) is 6.55. The van der Waals surface area contributed by atoms with Gasteiger partial charge in [0, 0.05) is 5.56 Å². The Morgan fingerprint density at radius 3 is 2.22 bits per heavy atom. The number of halogens is 2. The highest BCUT2D eigenvalue weighted by Gasteiger charge is 2.08. The summed E-state index contributed by atoms with van der Waals surface area (Å²) in [6, 6.07) is 9.95. The molecule has 0 bridgehead atoms. The topological polar surface area (TPSA) is 59.9 Å². The van der Waals surface area contributed by atoms with Crippen LogP contribution in [0.5, 0.6) is 11.5 Å². The Balaban J connectivity index is 2.04. The van der Waals surface area contributed by atoms with Gasteiger partial charge in [0.1, 0.15) is 5.75 Å². The minimum atomic E-state index is -0.338. The molecule has 2 aromatic carbocycles. The summed E-state index contributed by atoms with van der Waals surface area (Å²) in [7, 11) is 3.04. The molecule has 1 N–H and O–H groups in total. The zero-order chi connectivity index (χ0) is 16.8. The number of hydrogen-bond acceptors (Lipinski definition) is 4. The zero-order valence-electron chi connectivity index (χ0n) is 12.5. The standard InChI is InChI=1S/C16H14Cl2N2O3/c1-22-12-5-3-11(4-6-12)16(21)20-19-9-10-7-13(17)15(23-2)14(18)8-10/h3-9H,1-2H3,(H,20,21)/b19-9-. The molecule has 0 aliphatic rings. The smallest absolute Gasteiger partial charge is 0.271 e. The minimum absolute atomic E-state index is 0.338. The molecule has 0 atom stereocenters. The molecule has 0 aliphatic heterocycles. The van der Waals surface area contributed by atoms with Crippen molar-refractivity contribution in [3.63, 3.8) is 0 Å². The lowest BCUT2D eigenvalue weighted by molar-refractivity contribution is 0.0955. The van der Waals surface area contributed by atoms with Crippen LogP contribution < -0.4 is 14.9 Å². The summed E-state index contributed by atoms with van der Waals surface area (Å²) in [6.45, 7) is 0. The number of carbonyl (C=O) groups is 1. The monoisotopic (exact) mass is 352 g/mol. The zero-order valence-corrected chi connectivity index (χ0v) is 14.0. The molecule has 0 heterocycles. The minimum Gasteiger partial charge on any atom is -0.497 e. The van der Waals surface area contributed by atoms with Gasteiger partial charge >= 0.3 is 0 Å². The van der Waals surface area contributed by atoms with E-state index in [9.17, 15) is 4.79 Å². The van der Waals surface area contributed by atoms with Gasteiger partial charge < -0.3 is 9.47 Å². The fourth-order valence-corrected chi connectivity index (χ4v) is 2.48. The van der Waals surface area contributed by atoms with Crippen LogP contribution in [0, 0.1) is 0 Å². The van der Waals surface area contributed by atoms with Crippen molar-refractivity contribution >= 4 is 35.3 Å². The van der Waals surface area contributed by atoms with E-state index in [2.05, 4.69) is 10.5 Å². The predicted molar refractivity (Wildman–Crippen MR) is 91.1 cm³/mol. The third-order valence-corrected chi connectivity index (χ3v) is 3.52. The molecule has 23 heavy (non-hydrogen) atoms. The van der Waals surface area contributed by atoms with Gasteiger partial charge in [-0.05, 0) is 42.0 Å². The second kappa shape index (κ2) is 7.85. The lowest BCUT2D eigenvalue weighted by Crippen LogP contribution is -2.17. The lowest BCUT2D eigenvalue weighted by atomic mass is 10.2. The van der Waals surface area contributed by atoms with E-state index in [1.807, 2.05) is 0 Å². The van der Waals surface area contributed by atoms with E-state index in [4.69, 9.17) is 32.7 Å². The molecule has 0 unspecified atom stereocenters. The van der Waals surface area contributed by atoms with Gasteiger partial charge in [-0.2, -0.15) is 5.10 Å². The molecule has 0 radical (unpaired) electrons. The van der Waals surface area contributed by atoms with Gasteiger partial charge in [-0.1, -0.05) is 23.2 Å². The van der Waals surface area contributed by atoms with Gasteiger partial charge in [-0.25, -0.2) is 5.43 Å². The van der Waals surface area contributed by atoms with E-state index < -0.39 is 0 Å². The maximum Gasteiger partial charge on any atom is 0.271 e. The van der Waals surface area contributed by atoms with Crippen molar-refractivity contribution < 1.29 is 14.3 Å². The molecule has 2 rings (SSSR count). The van der Waals surface area contributed by atoms with Crippen molar-refractivity contribution in [1.82, 2.24) is 5.43 Å². The maximum atomic E-state index is 11.9. The average Bonchev–Trinajstić information content (AvgIpc) is 2.54. The summed E-state index contributed by atoms with van der Waals surface area (Å²) in [5, 5.41) is 4.61. The van der Waals surface area contributed by atoms with Crippen LogP contribution in [0.15, 0.2) is 41.5 Å². The molecule has 1 amide bonds. The number of hydrogen-bond donors (Lipinski definition) is 1. The number of methoxy groups -OCH3 is 2. The molecule has 0 saturated heterocycles. The molecule has 0 spiro atoms. The Morgan fingerprint density at radius 2 is 1.70 bits per heavy atom. The highest BCUT2D eigenvalue weighted by atomic mass is 35.5. The summed E-state index contributed by atoms with van der Waals surface area (Å²) in [5.74, 6) is 0.731. The largest absolute Gasteiger partial charge is 0.497 e. The van der Waals surface area contributed by atoms with Crippen LogP contribution >= 0.6 is 23.2 Å². The van der Waals surface area contributed by atoms with Crippen LogP contribution in [0.1, 0.15) is 15.9 Å². The van der Waals surface area contributed by atoms with Crippen molar-refractivity contribution in [2.45, 2.75) is 0 Å². The first-order valence-corrected chi connectivity index (χ1v) is 7.31. The van der Waals surface area contributed by atoms with Gasteiger partial charge in [0.2, 0.25) is 0 Å². The molecule has 2 aromatic rings. The normalized spacial score (nSPS) is 10.6. The van der Waals surface area contributed by atoms with Crippen LogP contribution in [0.2, 0.25) is 10.0 Å². The molecule has 0 aliphatic carbocycles. The second-order valence-corrected chi connectivity index (χ2v) is 5.26. The van der Waals surface area contributed by atoms with Gasteiger partial charge in [0.15, 0.2) is 5.75 Å². The molecule has 5 nitrogen and oxygen atoms in total. The Labute approximate surface area is 143 Å². The Bertz CT molecular complexity index is 708. The number of amides is 1. The van der Waals surface area contributed by atoms with Crippen LogP contribution in [0.25, 0.3) is 0 Å². The number of nitrogens with one attached hydrogen (secondary N) is 1. The number of carbonyl (C=O) groups excluding carboxylic acids is 1. The molecule has 0 fully saturated rings. The second-order valence-electron chi connectivity index (χ2n) is 4.45. The molecule has 0 saturated carbocycles. The molecular formula is C16H14Cl2N2O3. The third-order valence-electron chi connectivity index (χ3n) is 2.96. The average molecular weight is 353 g/mol. The Kier molecular flexibility index (Phi) is 5.84. The number of nitrogens with zero attached hydrogens (tertiary/aromatic N) is 1. The van der Waals surface area contributed by atoms with Crippen molar-refractivity contribution in [2.75, 3.05) is 14.2 Å². The first kappa shape index (κ1) is 17.1. The van der Waals surface area contributed by atoms with Crippen molar-refractivity contribution in [3.05, 3.63) is 57.6 Å². The Morgan fingerprint density at radius 1 is 1.09 bits per heavy atom. The van der Waals surface area contributed by atoms with Crippen LogP contribution in [0.4, 0.5) is 0 Å². The summed E-state index contributed by atoms with van der Waals surface area (Å²) in [5.41, 5.74) is 3.53. The van der Waals surface area contributed by atoms with E-state index in [-0.39, 0.29) is 5.91 Å². The van der Waals surface area contributed by atoms with E-state index in [1.165, 1.54) is 13.3 Å². The SMILES string of the molecule is COc1ccc(C(=O)N/N=C\c2cc(Cl)c(OC)c(Cl)c2)cc1. The summed E-state index contributed by atoms with van der Waals surface area (Å²) in [4.78, 5) is 11.9. The predicted octanol–water partition coefficient (Wildman–Crippen LogP) is 3.77. The third kappa shape index (κ3) is 4.37. The van der Waals surface area contributed by atoms with Gasteiger partial charge in [0.25, 0.3) is 5.91 Å². The maximum absolute atomic E-state index is 11.9. The fraction of sp³-hybridized carbons (Fsp3) is 0.125. The first-order chi connectivity index (χ1) is 11.0. The molecule has 7 heteroatoms. The number of hydrazone groups is 1. The Hall–Kier alpha value is -2.24. The van der Waals surface area contributed by atoms with Crippen molar-refractivity contribution in [1.29, 1.82) is 0 Å². The lowest BCUT2D eigenvalue weighted by Gasteiger charge is -2.06. The van der Waals surface area contributed by atoms with E-state index in [0.717, 1.165) is 0 Å². The number of rotatable bonds is 5. The van der Waals surface area contributed by atoms with Crippen LogP contribution in [0.3, 0.4) is 0 Å². The summed E-state index contributed by atoms with van der Waals surface area (Å²) < 4.78 is 10.1. The quantitative estimate of drug-likeness (QED) is 0.658. The molecule has 120 valence electrons. The molecule has 0 aromatic heterocycles. The van der Waals surface area contributed by atoms with Crippen LogP contribution in [-0.2, 0) is 0 Å². The van der Waals surface area contributed by atoms with Crippen molar-refractivity contribution in [2.24, 2.45) is 5.10 Å². The van der Waals surface area contributed by atoms with Crippen LogP contribution in [-0.4, -0.2) is 26.3 Å². The fourth-order valence-electron chi connectivity index (χ4n) is 1.82. The summed E-state index contributed by atoms with van der Waals surface area (Å²) >= 11 is 12.1. The van der Waals surface area contributed by atoms with Gasteiger partial charge in [-0.15, -0.1) is 0 Å². The van der Waals surface area contributed by atoms with E-state index in [1.54, 1.807) is 43.5 Å². The molecular weight excluding hydrogens is 339 g/mol. The van der Waals surface area contributed by atoms with Gasteiger partial charge in [-0.3, -0.25) is 4.79 Å². The highest BCUT2D eigenvalue weighted by Crippen LogP contribution is 2.33. The number of ether oxygens (including phenoxy) is 2. The number of benzene rings is 2. The van der Waals surface area contributed by atoms with E-state index >= 15 is 0 Å².